The number of hydrogen-bond donors (Lipinski definition) is 4. The van der Waals surface area contributed by atoms with Crippen LogP contribution in [0.4, 0.5) is 19.2 Å². The quantitative estimate of drug-likeness (QED) is 0.0860. The van der Waals surface area contributed by atoms with E-state index in [0.717, 1.165) is 41.5 Å². The normalized spacial score (nSPS) is 25.3. The van der Waals surface area contributed by atoms with Gasteiger partial charge in [0, 0.05) is 19.4 Å². The second kappa shape index (κ2) is 22.8. The molecule has 4 N–H and O–H groups in total. The van der Waals surface area contributed by atoms with E-state index in [-0.39, 0.29) is 39.4 Å². The molecule has 16 heteroatoms. The summed E-state index contributed by atoms with van der Waals surface area (Å²) in [6, 6.07) is 35.1. The topological polar surface area (TPSA) is 190 Å². The van der Waals surface area contributed by atoms with Gasteiger partial charge in [-0.05, 0) is 54.4 Å². The molecule has 3 unspecified atom stereocenters. The number of ether oxygens (including phenoxy) is 8. The van der Waals surface area contributed by atoms with E-state index in [9.17, 15) is 19.2 Å². The van der Waals surface area contributed by atoms with Crippen molar-refractivity contribution < 1.29 is 57.1 Å². The van der Waals surface area contributed by atoms with Crippen LogP contribution in [0, 0.1) is 0 Å². The summed E-state index contributed by atoms with van der Waals surface area (Å²) in [4.78, 5) is 53.4. The Morgan fingerprint density at radius 1 is 0.515 bits per heavy atom. The van der Waals surface area contributed by atoms with Gasteiger partial charge in [-0.25, -0.2) is 19.2 Å². The van der Waals surface area contributed by atoms with Gasteiger partial charge in [0.05, 0.1) is 24.2 Å². The Hall–Kier alpha value is -6.20. The molecule has 4 aromatic carbocycles. The van der Waals surface area contributed by atoms with Crippen LogP contribution in [0.3, 0.4) is 0 Å². The lowest BCUT2D eigenvalue weighted by molar-refractivity contribution is -0.257. The maximum Gasteiger partial charge on any atom is 0.407 e. The molecule has 2 saturated carbocycles. The average molecular weight is 907 g/mol. The molecular weight excluding hydrogens is 849 g/mol. The number of carbonyl (C=O) groups excluding carboxylic acids is 4. The molecule has 350 valence electrons. The van der Waals surface area contributed by atoms with E-state index >= 15 is 0 Å². The van der Waals surface area contributed by atoms with Crippen molar-refractivity contribution in [2.45, 2.75) is 132 Å². The van der Waals surface area contributed by atoms with Crippen LogP contribution in [0.25, 0.3) is 0 Å². The van der Waals surface area contributed by atoms with Crippen molar-refractivity contribution in [2.24, 2.45) is 0 Å². The van der Waals surface area contributed by atoms with Gasteiger partial charge in [0.2, 0.25) is 0 Å². The summed E-state index contributed by atoms with van der Waals surface area (Å²) in [7, 11) is 0. The fraction of sp³-hybridized carbons (Fsp3) is 0.440. The Morgan fingerprint density at radius 3 is 1.45 bits per heavy atom. The Balaban J connectivity index is 1.03. The molecule has 4 fully saturated rings. The van der Waals surface area contributed by atoms with E-state index in [0.29, 0.717) is 25.7 Å². The van der Waals surface area contributed by atoms with Crippen molar-refractivity contribution >= 4 is 24.4 Å². The zero-order chi connectivity index (χ0) is 45.6. The summed E-state index contributed by atoms with van der Waals surface area (Å²) < 4.78 is 49.8. The fourth-order valence-corrected chi connectivity index (χ4v) is 8.92. The Morgan fingerprint density at radius 2 is 0.955 bits per heavy atom. The van der Waals surface area contributed by atoms with Gasteiger partial charge in [0.1, 0.15) is 44.7 Å². The van der Waals surface area contributed by atoms with Crippen LogP contribution < -0.4 is 21.3 Å². The van der Waals surface area contributed by atoms with Crippen LogP contribution in [0.2, 0.25) is 0 Å². The minimum absolute atomic E-state index is 0.0124. The molecule has 2 aliphatic carbocycles. The third-order valence-corrected chi connectivity index (χ3v) is 12.2. The molecule has 2 saturated heterocycles. The lowest BCUT2D eigenvalue weighted by atomic mass is 9.83. The number of carbonyl (C=O) groups is 4. The second-order valence-electron chi connectivity index (χ2n) is 17.1. The Labute approximate surface area is 384 Å². The number of amides is 4. The first-order chi connectivity index (χ1) is 32.3. The van der Waals surface area contributed by atoms with Crippen molar-refractivity contribution in [1.29, 1.82) is 0 Å². The molecule has 1 spiro atoms. The van der Waals surface area contributed by atoms with Gasteiger partial charge < -0.3 is 59.2 Å². The highest BCUT2D eigenvalue weighted by molar-refractivity contribution is 5.69. The molecule has 4 amide bonds. The van der Waals surface area contributed by atoms with Crippen LogP contribution in [0.15, 0.2) is 121 Å². The molecule has 2 heterocycles. The van der Waals surface area contributed by atoms with Gasteiger partial charge in [-0.2, -0.15) is 0 Å². The third-order valence-electron chi connectivity index (χ3n) is 12.2. The van der Waals surface area contributed by atoms with Crippen molar-refractivity contribution in [3.05, 3.63) is 144 Å². The highest BCUT2D eigenvalue weighted by Gasteiger charge is 2.59. The second-order valence-corrected chi connectivity index (χ2v) is 17.1. The number of alkyl carbamates (subject to hydrolysis) is 4. The predicted molar refractivity (Wildman–Crippen MR) is 238 cm³/mol. The van der Waals surface area contributed by atoms with E-state index in [1.165, 1.54) is 0 Å². The maximum absolute atomic E-state index is 13.7. The number of hydrogen-bond acceptors (Lipinski definition) is 12. The SMILES string of the molecule is O=C(NC[C@@H]1CCC(NC(=O)OCc2ccccc2)[C@H](OC2C3OC4(CCCCC4)O[C@@H]3[C@H](NC(=O)OCc3ccccc3)C[C@@H]2NC(=O)OCc2ccccc2)O1)OCc1ccccc1. The molecule has 4 aliphatic rings. The Kier molecular flexibility index (Phi) is 16.0. The van der Waals surface area contributed by atoms with Gasteiger partial charge in [-0.1, -0.05) is 128 Å². The number of benzene rings is 4. The minimum atomic E-state index is -1.13. The van der Waals surface area contributed by atoms with Crippen molar-refractivity contribution in [3.8, 4) is 0 Å². The van der Waals surface area contributed by atoms with Gasteiger partial charge >= 0.3 is 24.4 Å². The van der Waals surface area contributed by atoms with E-state index in [4.69, 9.17) is 37.9 Å². The summed E-state index contributed by atoms with van der Waals surface area (Å²) in [6.45, 7) is 0.289. The molecular formula is C50H58N4O12. The molecule has 2 aliphatic heterocycles. The molecule has 0 radical (unpaired) electrons. The summed E-state index contributed by atoms with van der Waals surface area (Å²) in [5, 5.41) is 11.8. The number of nitrogens with one attached hydrogen (secondary N) is 4. The molecule has 8 rings (SSSR count). The lowest BCUT2D eigenvalue weighted by Crippen LogP contribution is -2.66. The maximum atomic E-state index is 13.7. The molecule has 0 bridgehead atoms. The van der Waals surface area contributed by atoms with E-state index in [2.05, 4.69) is 21.3 Å². The van der Waals surface area contributed by atoms with Gasteiger partial charge in [-0.3, -0.25) is 0 Å². The zero-order valence-electron chi connectivity index (χ0n) is 36.8. The standard InChI is InChI=1S/C50H58N4O12/c55-46(59-30-34-16-6-1-7-17-34)51-29-38-24-25-39(52-47(56)60-31-35-18-8-2-9-19-35)45(63-38)64-42-40(53-48(57)61-32-36-20-10-3-11-21-36)28-41(54-49(58)62-33-37-22-12-4-13-23-37)43-44(42)66-50(65-43)26-14-5-15-27-50/h1-4,6-13,16-23,38-45H,5,14-15,24-33H2,(H,51,55)(H,52,56)(H,53,57)(H,54,58)/t38-,39?,40-,41+,42?,43+,44?,45-/m0/s1. The van der Waals surface area contributed by atoms with Crippen molar-refractivity contribution in [3.63, 3.8) is 0 Å². The largest absolute Gasteiger partial charge is 0.445 e. The van der Waals surface area contributed by atoms with E-state index in [1.54, 1.807) is 0 Å². The summed E-state index contributed by atoms with van der Waals surface area (Å²) in [5.74, 6) is -0.954. The Bertz CT molecular complexity index is 2170. The summed E-state index contributed by atoms with van der Waals surface area (Å²) >= 11 is 0. The van der Waals surface area contributed by atoms with Crippen LogP contribution >= 0.6 is 0 Å². The summed E-state index contributed by atoms with van der Waals surface area (Å²) in [5.41, 5.74) is 3.27. The van der Waals surface area contributed by atoms with E-state index in [1.807, 2.05) is 121 Å². The zero-order valence-corrected chi connectivity index (χ0v) is 36.8. The molecule has 0 aromatic heterocycles. The fourth-order valence-electron chi connectivity index (χ4n) is 8.92. The number of fused-ring (bicyclic) bond motifs is 1. The lowest BCUT2D eigenvalue weighted by Gasteiger charge is -2.45. The average Bonchev–Trinajstić information content (AvgIpc) is 3.72. The van der Waals surface area contributed by atoms with Crippen molar-refractivity contribution in [1.82, 2.24) is 21.3 Å². The van der Waals surface area contributed by atoms with Crippen LogP contribution in [0.5, 0.6) is 0 Å². The van der Waals surface area contributed by atoms with Gasteiger partial charge in [0.15, 0.2) is 12.1 Å². The van der Waals surface area contributed by atoms with Crippen LogP contribution in [-0.4, -0.2) is 85.5 Å². The van der Waals surface area contributed by atoms with E-state index < -0.39 is 79.0 Å². The summed E-state index contributed by atoms with van der Waals surface area (Å²) in [6.07, 6.45) is -1.89. The predicted octanol–water partition coefficient (Wildman–Crippen LogP) is 7.54. The highest BCUT2D eigenvalue weighted by Crippen LogP contribution is 2.46. The molecule has 66 heavy (non-hydrogen) atoms. The van der Waals surface area contributed by atoms with Crippen LogP contribution in [-0.2, 0) is 64.3 Å². The highest BCUT2D eigenvalue weighted by atomic mass is 16.8. The first-order valence-electron chi connectivity index (χ1n) is 22.8. The molecule has 8 atom stereocenters. The van der Waals surface area contributed by atoms with Crippen LogP contribution in [0.1, 0.15) is 73.6 Å². The molecule has 4 aromatic rings. The third kappa shape index (κ3) is 13.0. The van der Waals surface area contributed by atoms with Gasteiger partial charge in [0.25, 0.3) is 0 Å². The minimum Gasteiger partial charge on any atom is -0.445 e. The monoisotopic (exact) mass is 906 g/mol. The van der Waals surface area contributed by atoms with Crippen molar-refractivity contribution in [2.75, 3.05) is 6.54 Å². The smallest absolute Gasteiger partial charge is 0.407 e. The molecule has 16 nitrogen and oxygen atoms in total. The van der Waals surface area contributed by atoms with Gasteiger partial charge in [-0.15, -0.1) is 0 Å². The number of rotatable bonds is 15. The first-order valence-corrected chi connectivity index (χ1v) is 22.8. The first kappa shape index (κ1) is 46.3.